The Morgan fingerprint density at radius 1 is 1.25 bits per heavy atom. The van der Waals surface area contributed by atoms with Gasteiger partial charge >= 0.3 is 0 Å². The first-order valence-corrected chi connectivity index (χ1v) is 12.4. The average molecular weight is 500 g/mol. The van der Waals surface area contributed by atoms with Crippen molar-refractivity contribution in [2.75, 3.05) is 19.7 Å². The molecule has 0 spiro atoms. The fraction of sp³-hybridized carbons (Fsp3) is 0.600. The average Bonchev–Trinajstić information content (AvgIpc) is 3.40. The second-order valence-electron chi connectivity index (χ2n) is 9.22. The van der Waals surface area contributed by atoms with Crippen LogP contribution in [0.3, 0.4) is 0 Å². The van der Waals surface area contributed by atoms with E-state index in [2.05, 4.69) is 18.7 Å². The van der Waals surface area contributed by atoms with E-state index in [1.165, 1.54) is 0 Å². The van der Waals surface area contributed by atoms with Crippen molar-refractivity contribution in [3.63, 3.8) is 0 Å². The van der Waals surface area contributed by atoms with Crippen LogP contribution in [0.1, 0.15) is 69.9 Å². The van der Waals surface area contributed by atoms with Crippen LogP contribution in [0.5, 0.6) is 5.75 Å². The zero-order chi connectivity index (χ0) is 22.2. The first kappa shape index (κ1) is 25.4. The monoisotopic (exact) mass is 498 g/mol. The number of hydrogen-bond donors (Lipinski definition) is 1. The molecule has 0 radical (unpaired) electrons. The van der Waals surface area contributed by atoms with Gasteiger partial charge in [0.1, 0.15) is 23.2 Å². The van der Waals surface area contributed by atoms with Gasteiger partial charge in [0.25, 0.3) is 0 Å². The van der Waals surface area contributed by atoms with Gasteiger partial charge in [0.15, 0.2) is 5.78 Å². The highest BCUT2D eigenvalue weighted by Crippen LogP contribution is 2.60. The summed E-state index contributed by atoms with van der Waals surface area (Å²) in [7, 11) is 0. The fourth-order valence-electron chi connectivity index (χ4n) is 5.90. The van der Waals surface area contributed by atoms with Crippen LogP contribution in [0.2, 0.25) is 10.0 Å². The Bertz CT molecular complexity index is 924. The minimum Gasteiger partial charge on any atom is -0.484 e. The standard InChI is InChI=1S/C25H32Cl2N2O2.ClH/c1-3-7-17(4-2)25-9-8-18(30)13-19(25)22-16(14-25)12-20(23(26)24(22)27)31-15-21(28)29-10-5-6-11-29;/h12-13,17,28H,3-11,14-15H2,1-2H3;1H. The number of nitrogens with zero attached hydrogens (tertiary/aromatic N) is 1. The second-order valence-corrected chi connectivity index (χ2v) is 9.97. The number of benzene rings is 1. The van der Waals surface area contributed by atoms with E-state index < -0.39 is 0 Å². The molecule has 4 nitrogen and oxygen atoms in total. The topological polar surface area (TPSA) is 53.4 Å². The minimum atomic E-state index is -0.0468. The number of rotatable bonds is 7. The van der Waals surface area contributed by atoms with Gasteiger partial charge in [-0.15, -0.1) is 12.4 Å². The SMILES string of the molecule is CCCC(CC)C12CCC(=O)C=C1c1c(cc(OCC(=N)N3CCCC3)c(Cl)c1Cl)C2.Cl. The predicted octanol–water partition coefficient (Wildman–Crippen LogP) is 6.98. The second kappa shape index (κ2) is 10.4. The number of fused-ring (bicyclic) bond motifs is 3. The van der Waals surface area contributed by atoms with Crippen molar-refractivity contribution in [2.45, 2.75) is 65.2 Å². The first-order chi connectivity index (χ1) is 14.9. The number of amidine groups is 1. The van der Waals surface area contributed by atoms with E-state index >= 15 is 0 Å². The summed E-state index contributed by atoms with van der Waals surface area (Å²) in [6.07, 6.45) is 9.76. The third-order valence-electron chi connectivity index (χ3n) is 7.45. The van der Waals surface area contributed by atoms with Crippen molar-refractivity contribution >= 4 is 52.8 Å². The fourth-order valence-corrected chi connectivity index (χ4v) is 6.42. The molecule has 2 atom stereocenters. The van der Waals surface area contributed by atoms with E-state index in [1.54, 1.807) is 0 Å². The highest BCUT2D eigenvalue weighted by Gasteiger charge is 2.49. The molecule has 0 saturated carbocycles. The van der Waals surface area contributed by atoms with E-state index in [9.17, 15) is 4.79 Å². The number of ether oxygens (including phenoxy) is 1. The molecule has 1 heterocycles. The number of carbonyl (C=O) groups excluding carboxylic acids is 1. The van der Waals surface area contributed by atoms with Crippen molar-refractivity contribution in [3.8, 4) is 5.75 Å². The molecule has 1 N–H and O–H groups in total. The van der Waals surface area contributed by atoms with Gasteiger partial charge in [0, 0.05) is 30.5 Å². The van der Waals surface area contributed by atoms with Crippen molar-refractivity contribution < 1.29 is 9.53 Å². The summed E-state index contributed by atoms with van der Waals surface area (Å²) in [5, 5.41) is 9.17. The van der Waals surface area contributed by atoms with Crippen LogP contribution in [-0.4, -0.2) is 36.2 Å². The van der Waals surface area contributed by atoms with Gasteiger partial charge in [-0.05, 0) is 61.3 Å². The van der Waals surface area contributed by atoms with Crippen LogP contribution in [0, 0.1) is 16.7 Å². The third-order valence-corrected chi connectivity index (χ3v) is 8.30. The number of carbonyl (C=O) groups is 1. The van der Waals surface area contributed by atoms with Crippen molar-refractivity contribution in [3.05, 3.63) is 33.3 Å². The molecular formula is C25H33Cl3N2O2. The number of hydrogen-bond acceptors (Lipinski definition) is 3. The Balaban J connectivity index is 0.00000289. The van der Waals surface area contributed by atoms with E-state index in [-0.39, 0.29) is 30.2 Å². The molecular weight excluding hydrogens is 467 g/mol. The predicted molar refractivity (Wildman–Crippen MR) is 135 cm³/mol. The van der Waals surface area contributed by atoms with Gasteiger partial charge in [-0.3, -0.25) is 10.2 Å². The normalized spacial score (nSPS) is 22.7. The van der Waals surface area contributed by atoms with Gasteiger partial charge in [0.2, 0.25) is 0 Å². The van der Waals surface area contributed by atoms with E-state index in [0.717, 1.165) is 74.7 Å². The summed E-state index contributed by atoms with van der Waals surface area (Å²) < 4.78 is 5.99. The molecule has 2 aliphatic carbocycles. The molecule has 0 amide bonds. The largest absolute Gasteiger partial charge is 0.484 e. The van der Waals surface area contributed by atoms with Gasteiger partial charge in [-0.2, -0.15) is 0 Å². The molecule has 176 valence electrons. The number of nitrogens with one attached hydrogen (secondary N) is 1. The van der Waals surface area contributed by atoms with E-state index in [4.69, 9.17) is 33.3 Å². The lowest BCUT2D eigenvalue weighted by atomic mass is 9.62. The molecule has 1 aliphatic heterocycles. The molecule has 2 unspecified atom stereocenters. The summed E-state index contributed by atoms with van der Waals surface area (Å²) in [5.74, 6) is 1.71. The maximum absolute atomic E-state index is 12.4. The van der Waals surface area contributed by atoms with E-state index in [0.29, 0.717) is 34.0 Å². The van der Waals surface area contributed by atoms with Crippen molar-refractivity contribution in [1.82, 2.24) is 4.90 Å². The Morgan fingerprint density at radius 2 is 1.97 bits per heavy atom. The Hall–Kier alpha value is -1.23. The zero-order valence-corrected chi connectivity index (χ0v) is 21.3. The summed E-state index contributed by atoms with van der Waals surface area (Å²) in [6.45, 7) is 6.50. The summed E-state index contributed by atoms with van der Waals surface area (Å²) in [5.41, 5.74) is 3.10. The zero-order valence-electron chi connectivity index (χ0n) is 18.9. The molecule has 1 aromatic rings. The molecule has 32 heavy (non-hydrogen) atoms. The molecule has 4 rings (SSSR count). The van der Waals surface area contributed by atoms with Crippen molar-refractivity contribution in [2.24, 2.45) is 11.3 Å². The molecule has 0 bridgehead atoms. The Morgan fingerprint density at radius 3 is 2.62 bits per heavy atom. The lowest BCUT2D eigenvalue weighted by Crippen LogP contribution is -2.34. The molecule has 0 aromatic heterocycles. The Kier molecular flexibility index (Phi) is 8.22. The van der Waals surface area contributed by atoms with Crippen LogP contribution < -0.4 is 4.74 Å². The van der Waals surface area contributed by atoms with Gasteiger partial charge in [0.05, 0.1) is 5.02 Å². The van der Waals surface area contributed by atoms with Gasteiger partial charge in [-0.25, -0.2) is 0 Å². The highest BCUT2D eigenvalue weighted by molar-refractivity contribution is 6.44. The van der Waals surface area contributed by atoms with Crippen LogP contribution in [-0.2, 0) is 11.2 Å². The number of ketones is 1. The van der Waals surface area contributed by atoms with Crippen LogP contribution in [0.25, 0.3) is 5.57 Å². The summed E-state index contributed by atoms with van der Waals surface area (Å²) in [4.78, 5) is 14.4. The van der Waals surface area contributed by atoms with Gasteiger partial charge < -0.3 is 9.64 Å². The summed E-state index contributed by atoms with van der Waals surface area (Å²) in [6, 6.07) is 2.00. The number of likely N-dealkylation sites (tertiary alicyclic amines) is 1. The maximum atomic E-state index is 12.4. The van der Waals surface area contributed by atoms with Crippen LogP contribution in [0.4, 0.5) is 0 Å². The van der Waals surface area contributed by atoms with E-state index in [1.807, 2.05) is 12.1 Å². The minimum absolute atomic E-state index is 0. The van der Waals surface area contributed by atoms with Crippen molar-refractivity contribution in [1.29, 1.82) is 5.41 Å². The Labute approximate surface area is 207 Å². The number of allylic oxidation sites excluding steroid dienone is 2. The van der Waals surface area contributed by atoms with Crippen LogP contribution in [0.15, 0.2) is 12.1 Å². The maximum Gasteiger partial charge on any atom is 0.156 e. The lowest BCUT2D eigenvalue weighted by Gasteiger charge is -2.41. The van der Waals surface area contributed by atoms with Gasteiger partial charge in [-0.1, -0.05) is 49.9 Å². The lowest BCUT2D eigenvalue weighted by molar-refractivity contribution is -0.115. The van der Waals surface area contributed by atoms with Crippen LogP contribution >= 0.6 is 35.6 Å². The highest BCUT2D eigenvalue weighted by atomic mass is 35.5. The third kappa shape index (κ3) is 4.43. The smallest absolute Gasteiger partial charge is 0.156 e. The molecule has 1 saturated heterocycles. The summed E-state index contributed by atoms with van der Waals surface area (Å²) >= 11 is 13.5. The molecule has 1 fully saturated rings. The first-order valence-electron chi connectivity index (χ1n) is 11.6. The number of halogens is 3. The quantitative estimate of drug-likeness (QED) is 0.325. The molecule has 1 aromatic carbocycles. The molecule has 7 heteroatoms. The molecule has 3 aliphatic rings.